The number of hydrogen-bond donors (Lipinski definition) is 1. The first kappa shape index (κ1) is 14.5. The third-order valence-electron chi connectivity index (χ3n) is 3.29. The van der Waals surface area contributed by atoms with Gasteiger partial charge >= 0.3 is 5.97 Å². The lowest BCUT2D eigenvalue weighted by molar-refractivity contribution is 0.0697. The first-order valence-electron chi connectivity index (χ1n) is 6.15. The van der Waals surface area contributed by atoms with Crippen molar-refractivity contribution >= 4 is 21.7 Å². The minimum atomic E-state index is -3.09. The molecule has 7 heteroatoms. The summed E-state index contributed by atoms with van der Waals surface area (Å²) in [6.45, 7) is 1.81. The number of rotatable bonds is 2. The van der Waals surface area contributed by atoms with E-state index in [-0.39, 0.29) is 35.1 Å². The Labute approximate surface area is 116 Å². The molecule has 1 N–H and O–H groups in total. The first-order chi connectivity index (χ1) is 9.30. The lowest BCUT2D eigenvalue weighted by atomic mass is 10.1. The fourth-order valence-corrected chi connectivity index (χ4v) is 3.81. The van der Waals surface area contributed by atoms with Crippen LogP contribution in [0.2, 0.25) is 0 Å². The Morgan fingerprint density at radius 1 is 1.30 bits per heavy atom. The number of nitrogens with zero attached hydrogens (tertiary/aromatic N) is 1. The maximum Gasteiger partial charge on any atom is 0.335 e. The van der Waals surface area contributed by atoms with Crippen molar-refractivity contribution in [2.24, 2.45) is 0 Å². The predicted molar refractivity (Wildman–Crippen MR) is 72.6 cm³/mol. The Hall–Kier alpha value is -1.89. The molecule has 0 radical (unpaired) electrons. The van der Waals surface area contributed by atoms with E-state index in [0.29, 0.717) is 0 Å². The van der Waals surface area contributed by atoms with Crippen LogP contribution in [-0.2, 0) is 9.84 Å². The van der Waals surface area contributed by atoms with Gasteiger partial charge < -0.3 is 10.0 Å². The summed E-state index contributed by atoms with van der Waals surface area (Å²) >= 11 is 0. The highest BCUT2D eigenvalue weighted by atomic mass is 32.2. The van der Waals surface area contributed by atoms with Crippen molar-refractivity contribution < 1.29 is 23.1 Å². The predicted octanol–water partition coefficient (Wildman–Crippen LogP) is 0.644. The minimum Gasteiger partial charge on any atom is -0.478 e. The Balaban J connectivity index is 2.24. The topological polar surface area (TPSA) is 91.8 Å². The third-order valence-corrected chi connectivity index (χ3v) is 5.08. The van der Waals surface area contributed by atoms with Gasteiger partial charge in [0.05, 0.1) is 17.1 Å². The normalized spacial score (nSPS) is 21.4. The van der Waals surface area contributed by atoms with E-state index in [9.17, 15) is 18.0 Å². The standard InChI is InChI=1S/C13H15NO5S/c1-9-8-20(18,19)6-5-14(9)12(15)10-3-2-4-11(7-10)13(16)17/h2-4,7,9H,5-6,8H2,1H3,(H,16,17). The van der Waals surface area contributed by atoms with Gasteiger partial charge in [-0.25, -0.2) is 13.2 Å². The smallest absolute Gasteiger partial charge is 0.335 e. The number of sulfone groups is 1. The number of carboxylic acids is 1. The molecule has 1 unspecified atom stereocenters. The maximum atomic E-state index is 12.3. The molecule has 0 spiro atoms. The van der Waals surface area contributed by atoms with Gasteiger partial charge in [0.2, 0.25) is 0 Å². The molecule has 1 saturated heterocycles. The Bertz CT molecular complexity index is 652. The molecule has 1 atom stereocenters. The fraction of sp³-hybridized carbons (Fsp3) is 0.385. The van der Waals surface area contributed by atoms with Crippen LogP contribution in [0.5, 0.6) is 0 Å². The van der Waals surface area contributed by atoms with Crippen LogP contribution in [0.25, 0.3) is 0 Å². The molecule has 2 rings (SSSR count). The van der Waals surface area contributed by atoms with Gasteiger partial charge in [-0.3, -0.25) is 4.79 Å². The molecule has 0 aromatic heterocycles. The number of amides is 1. The lowest BCUT2D eigenvalue weighted by Crippen LogP contribution is -2.49. The Morgan fingerprint density at radius 3 is 2.55 bits per heavy atom. The largest absolute Gasteiger partial charge is 0.478 e. The average molecular weight is 297 g/mol. The number of aromatic carboxylic acids is 1. The molecule has 1 aliphatic rings. The molecule has 0 saturated carbocycles. The number of hydrogen-bond acceptors (Lipinski definition) is 4. The minimum absolute atomic E-state index is 0.0353. The van der Waals surface area contributed by atoms with Gasteiger partial charge in [0.25, 0.3) is 5.91 Å². The molecular weight excluding hydrogens is 282 g/mol. The van der Waals surface area contributed by atoms with E-state index >= 15 is 0 Å². The third kappa shape index (κ3) is 2.98. The molecule has 108 valence electrons. The van der Waals surface area contributed by atoms with E-state index in [1.807, 2.05) is 0 Å². The zero-order valence-electron chi connectivity index (χ0n) is 10.9. The van der Waals surface area contributed by atoms with Gasteiger partial charge in [-0.1, -0.05) is 6.07 Å². The van der Waals surface area contributed by atoms with Gasteiger partial charge in [0.15, 0.2) is 9.84 Å². The van der Waals surface area contributed by atoms with Crippen LogP contribution in [0.3, 0.4) is 0 Å². The Kier molecular flexibility index (Phi) is 3.80. The quantitative estimate of drug-likeness (QED) is 0.865. The summed E-state index contributed by atoms with van der Waals surface area (Å²) in [4.78, 5) is 24.7. The van der Waals surface area contributed by atoms with E-state index in [4.69, 9.17) is 5.11 Å². The van der Waals surface area contributed by atoms with Crippen LogP contribution in [-0.4, -0.2) is 54.4 Å². The molecule has 1 fully saturated rings. The highest BCUT2D eigenvalue weighted by Gasteiger charge is 2.31. The van der Waals surface area contributed by atoms with E-state index in [0.717, 1.165) is 0 Å². The summed E-state index contributed by atoms with van der Waals surface area (Å²) < 4.78 is 23.0. The van der Waals surface area contributed by atoms with Gasteiger partial charge in [0, 0.05) is 18.2 Å². The molecule has 1 heterocycles. The SMILES string of the molecule is CC1CS(=O)(=O)CCN1C(=O)c1cccc(C(=O)O)c1. The summed E-state index contributed by atoms with van der Waals surface area (Å²) in [6, 6.07) is 5.34. The highest BCUT2D eigenvalue weighted by molar-refractivity contribution is 7.91. The number of carbonyl (C=O) groups is 2. The monoisotopic (exact) mass is 297 g/mol. The van der Waals surface area contributed by atoms with Crippen LogP contribution in [0.4, 0.5) is 0 Å². The van der Waals surface area contributed by atoms with E-state index < -0.39 is 21.8 Å². The van der Waals surface area contributed by atoms with Gasteiger partial charge in [-0.2, -0.15) is 0 Å². The number of carbonyl (C=O) groups excluding carboxylic acids is 1. The summed E-state index contributed by atoms with van der Waals surface area (Å²) in [7, 11) is -3.09. The molecule has 1 aromatic carbocycles. The van der Waals surface area contributed by atoms with Crippen molar-refractivity contribution in [3.8, 4) is 0 Å². The van der Waals surface area contributed by atoms with E-state index in [1.165, 1.54) is 29.2 Å². The first-order valence-corrected chi connectivity index (χ1v) is 7.97. The van der Waals surface area contributed by atoms with Crippen molar-refractivity contribution in [3.05, 3.63) is 35.4 Å². The van der Waals surface area contributed by atoms with Gasteiger partial charge in [-0.05, 0) is 25.1 Å². The molecular formula is C13H15NO5S. The van der Waals surface area contributed by atoms with Crippen LogP contribution >= 0.6 is 0 Å². The van der Waals surface area contributed by atoms with Crippen LogP contribution in [0.1, 0.15) is 27.6 Å². The van der Waals surface area contributed by atoms with Crippen LogP contribution < -0.4 is 0 Å². The van der Waals surface area contributed by atoms with Crippen LogP contribution in [0, 0.1) is 0 Å². The summed E-state index contributed by atoms with van der Waals surface area (Å²) in [5, 5.41) is 8.92. The second-order valence-corrected chi connectivity index (χ2v) is 7.08. The zero-order chi connectivity index (χ0) is 14.9. The second-order valence-electron chi connectivity index (χ2n) is 4.85. The molecule has 1 amide bonds. The second kappa shape index (κ2) is 5.24. The molecule has 20 heavy (non-hydrogen) atoms. The lowest BCUT2D eigenvalue weighted by Gasteiger charge is -2.33. The molecule has 1 aromatic rings. The molecule has 0 bridgehead atoms. The summed E-state index contributed by atoms with van der Waals surface area (Å²) in [5.74, 6) is -1.55. The molecule has 1 aliphatic heterocycles. The number of benzene rings is 1. The number of carboxylic acid groups (broad SMARTS) is 1. The van der Waals surface area contributed by atoms with Gasteiger partial charge in [-0.15, -0.1) is 0 Å². The van der Waals surface area contributed by atoms with E-state index in [2.05, 4.69) is 0 Å². The van der Waals surface area contributed by atoms with Crippen molar-refractivity contribution in [1.82, 2.24) is 4.90 Å². The highest BCUT2D eigenvalue weighted by Crippen LogP contribution is 2.16. The maximum absolute atomic E-state index is 12.3. The van der Waals surface area contributed by atoms with Crippen molar-refractivity contribution in [1.29, 1.82) is 0 Å². The van der Waals surface area contributed by atoms with E-state index in [1.54, 1.807) is 6.92 Å². The zero-order valence-corrected chi connectivity index (χ0v) is 11.8. The van der Waals surface area contributed by atoms with Crippen molar-refractivity contribution in [2.45, 2.75) is 13.0 Å². The van der Waals surface area contributed by atoms with Crippen LogP contribution in [0.15, 0.2) is 24.3 Å². The average Bonchev–Trinajstić information content (AvgIpc) is 2.37. The van der Waals surface area contributed by atoms with Crippen molar-refractivity contribution in [3.63, 3.8) is 0 Å². The van der Waals surface area contributed by atoms with Crippen molar-refractivity contribution in [2.75, 3.05) is 18.1 Å². The summed E-state index contributed by atoms with van der Waals surface area (Å²) in [6.07, 6.45) is 0. The molecule has 0 aliphatic carbocycles. The van der Waals surface area contributed by atoms with Gasteiger partial charge in [0.1, 0.15) is 0 Å². The Morgan fingerprint density at radius 2 is 1.95 bits per heavy atom. The summed E-state index contributed by atoms with van der Waals surface area (Å²) in [5.41, 5.74) is 0.296. The molecule has 6 nitrogen and oxygen atoms in total. The fourth-order valence-electron chi connectivity index (χ4n) is 2.25.